The molecule has 3 amide bonds. The fraction of sp³-hybridized carbons (Fsp3) is 0.486. The van der Waals surface area contributed by atoms with Gasteiger partial charge in [0.2, 0.25) is 17.7 Å². The Kier molecular flexibility index (Phi) is 9.73. The third-order valence-corrected chi connectivity index (χ3v) is 10.4. The van der Waals surface area contributed by atoms with Gasteiger partial charge in [0.25, 0.3) is 0 Å². The van der Waals surface area contributed by atoms with Gasteiger partial charge in [0.05, 0.1) is 28.0 Å². The largest absolute Gasteiger partial charge is 0.418 e. The van der Waals surface area contributed by atoms with Crippen LogP contribution in [-0.4, -0.2) is 45.3 Å². The smallest absolute Gasteiger partial charge is 0.392 e. The van der Waals surface area contributed by atoms with Crippen LogP contribution >= 0.6 is 12.2 Å². The molecule has 3 aromatic rings. The predicted octanol–water partition coefficient (Wildman–Crippen LogP) is 5.22. The SMILES string of the molecule is CCC(C)[C@H](NC(=O)C1Cc2ccccc21)C(=O)N[C@]1(C(=O)NC(C(N)=S)[C@@H](C)CC)CCc2[nH]c3c(C(F)(F)F)cccc3c2C1. The minimum Gasteiger partial charge on any atom is -0.392 e. The lowest BCUT2D eigenvalue weighted by Crippen LogP contribution is -2.67. The summed E-state index contributed by atoms with van der Waals surface area (Å²) in [5.74, 6) is -2.10. The lowest BCUT2D eigenvalue weighted by atomic mass is 9.76. The maximum absolute atomic E-state index is 14.4. The minimum absolute atomic E-state index is 0.0568. The van der Waals surface area contributed by atoms with Crippen molar-refractivity contribution in [3.05, 3.63) is 70.4 Å². The molecule has 2 aliphatic carbocycles. The summed E-state index contributed by atoms with van der Waals surface area (Å²) in [6, 6.07) is 10.0. The normalized spacial score (nSPS) is 21.3. The van der Waals surface area contributed by atoms with Crippen molar-refractivity contribution in [2.75, 3.05) is 0 Å². The number of carbonyl (C=O) groups is 3. The van der Waals surface area contributed by atoms with Gasteiger partial charge < -0.3 is 26.7 Å². The first-order valence-corrected chi connectivity index (χ1v) is 16.6. The number of hydrogen-bond acceptors (Lipinski definition) is 4. The summed E-state index contributed by atoms with van der Waals surface area (Å²) in [7, 11) is 0. The number of carbonyl (C=O) groups excluding carboxylic acids is 3. The number of hydrogen-bond donors (Lipinski definition) is 5. The van der Waals surface area contributed by atoms with Crippen LogP contribution in [0.2, 0.25) is 0 Å². The molecule has 0 saturated carbocycles. The molecule has 6 atom stereocenters. The molecule has 2 aromatic carbocycles. The summed E-state index contributed by atoms with van der Waals surface area (Å²) in [4.78, 5) is 45.1. The molecule has 12 heteroatoms. The molecule has 1 heterocycles. The van der Waals surface area contributed by atoms with Crippen LogP contribution in [0.5, 0.6) is 0 Å². The number of benzene rings is 2. The number of alkyl halides is 3. The van der Waals surface area contributed by atoms with Crippen molar-refractivity contribution in [3.63, 3.8) is 0 Å². The second-order valence-corrected chi connectivity index (χ2v) is 13.6. The standard InChI is InChI=1S/C35H42F3N5O3S/c1-5-18(3)27(30(39)47)42-33(46)34(15-14-26-24(17-34)22-12-9-13-25(29(22)40-26)35(36,37)38)43-32(45)28(19(4)6-2)41-31(44)23-16-20-10-7-8-11-21(20)23/h7-13,18-19,23,27-28,40H,5-6,14-17H2,1-4H3,(H2,39,47)(H,41,44)(H,42,46)(H,43,45)/t18-,19?,23?,27?,28-,34+/m0/s1. The summed E-state index contributed by atoms with van der Waals surface area (Å²) >= 11 is 5.29. The van der Waals surface area contributed by atoms with Crippen LogP contribution in [-0.2, 0) is 39.8 Å². The number of aryl methyl sites for hydroxylation is 1. The van der Waals surface area contributed by atoms with Gasteiger partial charge in [-0.1, -0.05) is 89.2 Å². The third-order valence-electron chi connectivity index (χ3n) is 10.2. The van der Waals surface area contributed by atoms with Crippen LogP contribution in [0.3, 0.4) is 0 Å². The van der Waals surface area contributed by atoms with Crippen molar-refractivity contribution in [2.24, 2.45) is 17.6 Å². The highest BCUT2D eigenvalue weighted by Gasteiger charge is 2.47. The summed E-state index contributed by atoms with van der Waals surface area (Å²) in [6.07, 6.45) is -2.53. The summed E-state index contributed by atoms with van der Waals surface area (Å²) in [5.41, 5.74) is 6.75. The van der Waals surface area contributed by atoms with Gasteiger partial charge in [0.15, 0.2) is 0 Å². The number of rotatable bonds is 11. The van der Waals surface area contributed by atoms with E-state index in [9.17, 15) is 27.6 Å². The van der Waals surface area contributed by atoms with E-state index in [-0.39, 0.29) is 53.4 Å². The average Bonchev–Trinajstić information content (AvgIpc) is 3.39. The number of nitrogens with one attached hydrogen (secondary N) is 4. The van der Waals surface area contributed by atoms with Crippen molar-refractivity contribution in [1.82, 2.24) is 20.9 Å². The highest BCUT2D eigenvalue weighted by molar-refractivity contribution is 7.80. The van der Waals surface area contributed by atoms with Gasteiger partial charge in [-0.05, 0) is 53.9 Å². The molecule has 8 nitrogen and oxygen atoms in total. The molecule has 0 spiro atoms. The average molecular weight is 670 g/mol. The van der Waals surface area contributed by atoms with E-state index in [2.05, 4.69) is 20.9 Å². The zero-order valence-electron chi connectivity index (χ0n) is 27.0. The topological polar surface area (TPSA) is 129 Å². The quantitative estimate of drug-likeness (QED) is 0.179. The van der Waals surface area contributed by atoms with Gasteiger partial charge >= 0.3 is 6.18 Å². The fourth-order valence-electron chi connectivity index (χ4n) is 6.84. The van der Waals surface area contributed by atoms with Crippen molar-refractivity contribution in [3.8, 4) is 0 Å². The highest BCUT2D eigenvalue weighted by Crippen LogP contribution is 2.40. The van der Waals surface area contributed by atoms with Crippen molar-refractivity contribution in [1.29, 1.82) is 0 Å². The van der Waals surface area contributed by atoms with Crippen LogP contribution < -0.4 is 21.7 Å². The first-order chi connectivity index (χ1) is 22.2. The Morgan fingerprint density at radius 3 is 2.34 bits per heavy atom. The van der Waals surface area contributed by atoms with Gasteiger partial charge in [0, 0.05) is 17.5 Å². The zero-order valence-corrected chi connectivity index (χ0v) is 27.8. The number of halogens is 3. The number of amides is 3. The van der Waals surface area contributed by atoms with E-state index >= 15 is 0 Å². The molecule has 6 N–H and O–H groups in total. The van der Waals surface area contributed by atoms with Gasteiger partial charge in [-0.15, -0.1) is 0 Å². The molecule has 252 valence electrons. The van der Waals surface area contributed by atoms with Crippen LogP contribution in [0.4, 0.5) is 13.2 Å². The zero-order chi connectivity index (χ0) is 34.3. The Bertz CT molecular complexity index is 1710. The Morgan fingerprint density at radius 2 is 1.70 bits per heavy atom. The molecule has 1 aromatic heterocycles. The predicted molar refractivity (Wildman–Crippen MR) is 179 cm³/mol. The molecule has 0 bridgehead atoms. The molecular formula is C35H42F3N5O3S. The summed E-state index contributed by atoms with van der Waals surface area (Å²) in [5, 5.41) is 9.26. The Hall–Kier alpha value is -3.93. The van der Waals surface area contributed by atoms with E-state index in [1.54, 1.807) is 6.07 Å². The molecule has 0 radical (unpaired) electrons. The number of para-hydroxylation sites is 1. The number of H-pyrrole nitrogens is 1. The minimum atomic E-state index is -4.58. The lowest BCUT2D eigenvalue weighted by molar-refractivity contribution is -0.137. The van der Waals surface area contributed by atoms with Gasteiger partial charge in [-0.2, -0.15) is 13.2 Å². The second-order valence-electron chi connectivity index (χ2n) is 13.1. The van der Waals surface area contributed by atoms with E-state index < -0.39 is 41.2 Å². The molecular weight excluding hydrogens is 627 g/mol. The number of aromatic amines is 1. The molecule has 0 saturated heterocycles. The summed E-state index contributed by atoms with van der Waals surface area (Å²) < 4.78 is 41.8. The monoisotopic (exact) mass is 669 g/mol. The van der Waals surface area contributed by atoms with E-state index in [1.165, 1.54) is 6.07 Å². The Labute approximate surface area is 277 Å². The van der Waals surface area contributed by atoms with Gasteiger partial charge in [0.1, 0.15) is 11.6 Å². The Morgan fingerprint density at radius 1 is 1.02 bits per heavy atom. The molecule has 5 rings (SSSR count). The van der Waals surface area contributed by atoms with E-state index in [0.717, 1.165) is 17.2 Å². The van der Waals surface area contributed by atoms with Crippen LogP contribution in [0.25, 0.3) is 10.9 Å². The Balaban J connectivity index is 1.50. The molecule has 3 unspecified atom stereocenters. The maximum Gasteiger partial charge on any atom is 0.418 e. The van der Waals surface area contributed by atoms with E-state index in [1.807, 2.05) is 52.0 Å². The summed E-state index contributed by atoms with van der Waals surface area (Å²) in [6.45, 7) is 7.61. The highest BCUT2D eigenvalue weighted by atomic mass is 32.1. The number of thiocarbonyl (C=S) groups is 1. The third kappa shape index (κ3) is 6.61. The molecule has 47 heavy (non-hydrogen) atoms. The van der Waals surface area contributed by atoms with Crippen LogP contribution in [0.1, 0.15) is 80.8 Å². The van der Waals surface area contributed by atoms with Crippen molar-refractivity contribution < 1.29 is 27.6 Å². The second kappa shape index (κ2) is 13.3. The van der Waals surface area contributed by atoms with Crippen molar-refractivity contribution >= 4 is 45.8 Å². The number of aromatic nitrogens is 1. The van der Waals surface area contributed by atoms with Gasteiger partial charge in [-0.3, -0.25) is 14.4 Å². The number of nitrogens with two attached hydrogens (primary N) is 1. The fourth-order valence-corrected chi connectivity index (χ4v) is 7.13. The maximum atomic E-state index is 14.4. The van der Waals surface area contributed by atoms with Crippen LogP contribution in [0, 0.1) is 11.8 Å². The number of fused-ring (bicyclic) bond motifs is 4. The van der Waals surface area contributed by atoms with E-state index in [4.69, 9.17) is 18.0 Å². The van der Waals surface area contributed by atoms with Gasteiger partial charge in [-0.25, -0.2) is 0 Å². The molecule has 0 aliphatic heterocycles. The molecule has 2 aliphatic rings. The first-order valence-electron chi connectivity index (χ1n) is 16.2. The lowest BCUT2D eigenvalue weighted by Gasteiger charge is -2.40. The van der Waals surface area contributed by atoms with Crippen LogP contribution in [0.15, 0.2) is 42.5 Å². The van der Waals surface area contributed by atoms with Crippen molar-refractivity contribution in [2.45, 2.75) is 95.9 Å². The van der Waals surface area contributed by atoms with E-state index in [0.29, 0.717) is 35.9 Å². The first kappa shape index (κ1) is 34.4. The molecule has 0 fully saturated rings.